The zero-order chi connectivity index (χ0) is 18.2. The van der Waals surface area contributed by atoms with Gasteiger partial charge in [-0.25, -0.2) is 4.79 Å². The molecular formula is C17H22N2O6. The van der Waals surface area contributed by atoms with Crippen molar-refractivity contribution < 1.29 is 24.0 Å². The van der Waals surface area contributed by atoms with E-state index in [2.05, 4.69) is 4.90 Å². The molecule has 0 atom stereocenters. The molecule has 2 rings (SSSR count). The summed E-state index contributed by atoms with van der Waals surface area (Å²) in [5.74, 6) is -0.484. The summed E-state index contributed by atoms with van der Waals surface area (Å²) in [5, 5.41) is 11.4. The quantitative estimate of drug-likeness (QED) is 0.233. The maximum atomic E-state index is 11.8. The van der Waals surface area contributed by atoms with Crippen molar-refractivity contribution in [3.63, 3.8) is 0 Å². The number of piperidine rings is 1. The summed E-state index contributed by atoms with van der Waals surface area (Å²) in [5.41, 5.74) is 0.816. The third-order valence-corrected chi connectivity index (χ3v) is 4.36. The van der Waals surface area contributed by atoms with Gasteiger partial charge in [0.1, 0.15) is 6.61 Å². The molecule has 1 fully saturated rings. The van der Waals surface area contributed by atoms with Gasteiger partial charge < -0.3 is 9.47 Å². The largest absolute Gasteiger partial charge is 0.467 e. The van der Waals surface area contributed by atoms with E-state index in [1.54, 1.807) is 19.1 Å². The lowest BCUT2D eigenvalue weighted by Gasteiger charge is -2.31. The van der Waals surface area contributed by atoms with E-state index in [-0.39, 0.29) is 23.8 Å². The van der Waals surface area contributed by atoms with Crippen LogP contribution in [0, 0.1) is 10.1 Å². The number of benzene rings is 1. The van der Waals surface area contributed by atoms with E-state index >= 15 is 0 Å². The maximum absolute atomic E-state index is 11.8. The van der Waals surface area contributed by atoms with Crippen LogP contribution in [0.2, 0.25) is 0 Å². The molecule has 1 saturated heterocycles. The Kier molecular flexibility index (Phi) is 6.88. The first-order valence-corrected chi connectivity index (χ1v) is 8.29. The fraction of sp³-hybridized carbons (Fsp3) is 0.529. The lowest BCUT2D eigenvalue weighted by atomic mass is 9.87. The number of hydrogen-bond acceptors (Lipinski definition) is 7. The number of ether oxygens (including phenoxy) is 2. The van der Waals surface area contributed by atoms with Gasteiger partial charge in [0.15, 0.2) is 0 Å². The fourth-order valence-electron chi connectivity index (χ4n) is 3.09. The fourth-order valence-corrected chi connectivity index (χ4v) is 3.09. The van der Waals surface area contributed by atoms with Crippen LogP contribution >= 0.6 is 0 Å². The number of esters is 1. The van der Waals surface area contributed by atoms with Crippen LogP contribution in [-0.2, 0) is 14.3 Å². The van der Waals surface area contributed by atoms with E-state index in [1.165, 1.54) is 6.07 Å². The SMILES string of the molecule is CCOC(=O)c1ccc(C2CCN(CCOC=O)CC2)c([N+](=O)[O-])c1. The molecule has 0 aromatic heterocycles. The van der Waals surface area contributed by atoms with E-state index in [9.17, 15) is 19.7 Å². The molecule has 1 aliphatic rings. The van der Waals surface area contributed by atoms with Crippen molar-refractivity contribution in [1.82, 2.24) is 4.90 Å². The molecule has 0 spiro atoms. The zero-order valence-corrected chi connectivity index (χ0v) is 14.2. The molecule has 1 heterocycles. The van der Waals surface area contributed by atoms with Crippen LogP contribution in [0.15, 0.2) is 18.2 Å². The van der Waals surface area contributed by atoms with Gasteiger partial charge in [-0.05, 0) is 44.8 Å². The van der Waals surface area contributed by atoms with Gasteiger partial charge in [0, 0.05) is 18.2 Å². The van der Waals surface area contributed by atoms with Crippen LogP contribution in [0.25, 0.3) is 0 Å². The first kappa shape index (κ1) is 18.9. The van der Waals surface area contributed by atoms with Gasteiger partial charge in [-0.3, -0.25) is 19.8 Å². The summed E-state index contributed by atoms with van der Waals surface area (Å²) >= 11 is 0. The summed E-state index contributed by atoms with van der Waals surface area (Å²) in [6, 6.07) is 4.56. The van der Waals surface area contributed by atoms with Crippen LogP contribution in [0.5, 0.6) is 0 Å². The van der Waals surface area contributed by atoms with Crippen LogP contribution in [-0.4, -0.2) is 55.1 Å². The van der Waals surface area contributed by atoms with Gasteiger partial charge in [-0.1, -0.05) is 6.07 Å². The van der Waals surface area contributed by atoms with Crippen LogP contribution in [0.3, 0.4) is 0 Å². The van der Waals surface area contributed by atoms with Crippen molar-refractivity contribution in [1.29, 1.82) is 0 Å². The number of hydrogen-bond donors (Lipinski definition) is 0. The molecule has 25 heavy (non-hydrogen) atoms. The van der Waals surface area contributed by atoms with Crippen molar-refractivity contribution in [3.8, 4) is 0 Å². The Morgan fingerprint density at radius 1 is 1.40 bits per heavy atom. The van der Waals surface area contributed by atoms with Crippen LogP contribution in [0.1, 0.15) is 41.6 Å². The minimum absolute atomic E-state index is 0.0340. The smallest absolute Gasteiger partial charge is 0.338 e. The molecule has 0 unspecified atom stereocenters. The second-order valence-electron chi connectivity index (χ2n) is 5.83. The number of nitrogens with zero attached hydrogens (tertiary/aromatic N) is 2. The van der Waals surface area contributed by atoms with Crippen molar-refractivity contribution in [2.75, 3.05) is 32.8 Å². The number of likely N-dealkylation sites (tertiary alicyclic amines) is 1. The van der Waals surface area contributed by atoms with Gasteiger partial charge >= 0.3 is 5.97 Å². The summed E-state index contributed by atoms with van der Waals surface area (Å²) in [4.78, 5) is 35.1. The van der Waals surface area contributed by atoms with Gasteiger partial charge in [0.05, 0.1) is 17.1 Å². The average Bonchev–Trinajstić information content (AvgIpc) is 2.62. The molecule has 8 nitrogen and oxygen atoms in total. The maximum Gasteiger partial charge on any atom is 0.338 e. The van der Waals surface area contributed by atoms with Gasteiger partial charge in [0.25, 0.3) is 12.2 Å². The van der Waals surface area contributed by atoms with Gasteiger partial charge in [0.2, 0.25) is 0 Å². The molecular weight excluding hydrogens is 328 g/mol. The van der Waals surface area contributed by atoms with Gasteiger partial charge in [-0.2, -0.15) is 0 Å². The number of nitro groups is 1. The summed E-state index contributed by atoms with van der Waals surface area (Å²) < 4.78 is 9.60. The third kappa shape index (κ3) is 4.99. The van der Waals surface area contributed by atoms with E-state index in [4.69, 9.17) is 9.47 Å². The highest BCUT2D eigenvalue weighted by atomic mass is 16.6. The minimum Gasteiger partial charge on any atom is -0.467 e. The van der Waals surface area contributed by atoms with E-state index in [1.807, 2.05) is 0 Å². The Balaban J connectivity index is 2.07. The zero-order valence-electron chi connectivity index (χ0n) is 14.2. The van der Waals surface area contributed by atoms with Crippen LogP contribution < -0.4 is 0 Å². The van der Waals surface area contributed by atoms with Crippen LogP contribution in [0.4, 0.5) is 5.69 Å². The molecule has 1 aromatic carbocycles. The lowest BCUT2D eigenvalue weighted by Crippen LogP contribution is -2.35. The standard InChI is InChI=1S/C17H22N2O6/c1-2-25-17(21)14-3-4-15(16(11-14)19(22)23)13-5-7-18(8-6-13)9-10-24-12-20/h3-4,11-13H,2,5-10H2,1H3. The summed E-state index contributed by atoms with van der Waals surface area (Å²) in [6.45, 7) is 4.92. The molecule has 136 valence electrons. The normalized spacial score (nSPS) is 15.6. The van der Waals surface area contributed by atoms with Crippen molar-refractivity contribution in [2.24, 2.45) is 0 Å². The predicted octanol–water partition coefficient (Wildman–Crippen LogP) is 2.12. The molecule has 0 N–H and O–H groups in total. The molecule has 0 bridgehead atoms. The first-order chi connectivity index (χ1) is 12.1. The Labute approximate surface area is 145 Å². The van der Waals surface area contributed by atoms with E-state index < -0.39 is 10.9 Å². The Bertz CT molecular complexity index is 626. The molecule has 0 saturated carbocycles. The molecule has 0 aliphatic carbocycles. The molecule has 0 radical (unpaired) electrons. The molecule has 1 aromatic rings. The lowest BCUT2D eigenvalue weighted by molar-refractivity contribution is -0.385. The Morgan fingerprint density at radius 3 is 2.72 bits per heavy atom. The topological polar surface area (TPSA) is 99.0 Å². The molecule has 0 amide bonds. The number of nitro benzene ring substituents is 1. The highest BCUT2D eigenvalue weighted by Crippen LogP contribution is 2.34. The Morgan fingerprint density at radius 2 is 2.12 bits per heavy atom. The molecule has 1 aliphatic heterocycles. The predicted molar refractivity (Wildman–Crippen MR) is 89.5 cm³/mol. The van der Waals surface area contributed by atoms with Crippen molar-refractivity contribution >= 4 is 18.1 Å². The minimum atomic E-state index is -0.554. The molecule has 8 heteroatoms. The Hall–Kier alpha value is -2.48. The highest BCUT2D eigenvalue weighted by Gasteiger charge is 2.27. The first-order valence-electron chi connectivity index (χ1n) is 8.29. The van der Waals surface area contributed by atoms with Crippen molar-refractivity contribution in [3.05, 3.63) is 39.4 Å². The number of carbonyl (C=O) groups excluding carboxylic acids is 2. The number of carbonyl (C=O) groups is 2. The van der Waals surface area contributed by atoms with E-state index in [0.717, 1.165) is 25.9 Å². The van der Waals surface area contributed by atoms with E-state index in [0.29, 0.717) is 25.2 Å². The number of rotatable bonds is 8. The second-order valence-corrected chi connectivity index (χ2v) is 5.83. The van der Waals surface area contributed by atoms with Gasteiger partial charge in [-0.15, -0.1) is 0 Å². The highest BCUT2D eigenvalue weighted by molar-refractivity contribution is 5.90. The summed E-state index contributed by atoms with van der Waals surface area (Å²) in [7, 11) is 0. The summed E-state index contributed by atoms with van der Waals surface area (Å²) in [6.07, 6.45) is 1.56. The monoisotopic (exact) mass is 350 g/mol. The van der Waals surface area contributed by atoms with Crippen molar-refractivity contribution in [2.45, 2.75) is 25.7 Å². The second kappa shape index (κ2) is 9.12. The third-order valence-electron chi connectivity index (χ3n) is 4.36. The average molecular weight is 350 g/mol.